The van der Waals surface area contributed by atoms with E-state index in [-0.39, 0.29) is 11.3 Å². The van der Waals surface area contributed by atoms with Crippen LogP contribution in [0.25, 0.3) is 16.0 Å². The summed E-state index contributed by atoms with van der Waals surface area (Å²) in [6.45, 7) is 5.75. The summed E-state index contributed by atoms with van der Waals surface area (Å²) in [6.07, 6.45) is 0. The van der Waals surface area contributed by atoms with Crippen LogP contribution in [0, 0.1) is 20.8 Å². The molecule has 170 valence electrons. The molecule has 1 aliphatic rings. The first-order chi connectivity index (χ1) is 16.2. The minimum Gasteiger partial charge on any atom is -0.507 e. The highest BCUT2D eigenvalue weighted by atomic mass is 35.5. The van der Waals surface area contributed by atoms with E-state index in [0.29, 0.717) is 26.8 Å². The molecule has 4 aromatic rings. The van der Waals surface area contributed by atoms with Gasteiger partial charge in [0.05, 0.1) is 21.8 Å². The van der Waals surface area contributed by atoms with Crippen LogP contribution >= 0.6 is 22.9 Å². The van der Waals surface area contributed by atoms with Crippen LogP contribution in [0.4, 0.5) is 5.13 Å². The summed E-state index contributed by atoms with van der Waals surface area (Å²) < 4.78 is 0.807. The third-order valence-corrected chi connectivity index (χ3v) is 7.28. The van der Waals surface area contributed by atoms with Gasteiger partial charge in [-0.25, -0.2) is 4.98 Å². The summed E-state index contributed by atoms with van der Waals surface area (Å²) >= 11 is 7.43. The maximum absolute atomic E-state index is 13.4. The molecule has 1 aromatic heterocycles. The number of hydrogen-bond donors (Lipinski definition) is 1. The number of Topliss-reactive ketones (excluding diaryl/α,β-unsaturated/α-hetero) is 1. The molecular weight excluding hydrogens is 468 g/mol. The zero-order valence-electron chi connectivity index (χ0n) is 18.8. The zero-order chi connectivity index (χ0) is 24.1. The number of halogens is 1. The Labute approximate surface area is 205 Å². The number of amides is 1. The van der Waals surface area contributed by atoms with Crippen molar-refractivity contribution in [2.24, 2.45) is 0 Å². The molecule has 1 saturated heterocycles. The molecule has 7 heteroatoms. The van der Waals surface area contributed by atoms with Crippen LogP contribution in [0.15, 0.2) is 66.2 Å². The molecule has 5 rings (SSSR count). The maximum Gasteiger partial charge on any atom is 0.301 e. The standard InChI is InChI=1S/C27H21ClN2O3S/c1-14-5-8-17(9-6-14)23-22(24(31)19-12-15(2)4-7-16(19)3)25(32)26(33)30(23)27-29-20-11-10-18(28)13-21(20)34-27/h4-13,23,31H,1-3H3/b24-22+. The number of rotatable bonds is 3. The van der Waals surface area contributed by atoms with Gasteiger partial charge in [-0.1, -0.05) is 70.5 Å². The van der Waals surface area contributed by atoms with Gasteiger partial charge >= 0.3 is 5.91 Å². The summed E-state index contributed by atoms with van der Waals surface area (Å²) in [4.78, 5) is 32.7. The lowest BCUT2D eigenvalue weighted by Crippen LogP contribution is -2.29. The Kier molecular flexibility index (Phi) is 5.50. The number of thiazole rings is 1. The Morgan fingerprint density at radius 3 is 2.41 bits per heavy atom. The fourth-order valence-corrected chi connectivity index (χ4v) is 5.49. The van der Waals surface area contributed by atoms with Crippen LogP contribution in [0.1, 0.15) is 33.9 Å². The molecule has 0 aliphatic carbocycles. The average Bonchev–Trinajstić information content (AvgIpc) is 3.33. The van der Waals surface area contributed by atoms with E-state index in [2.05, 4.69) is 4.98 Å². The van der Waals surface area contributed by atoms with Crippen LogP contribution in [-0.4, -0.2) is 21.8 Å². The van der Waals surface area contributed by atoms with Crippen molar-refractivity contribution in [1.82, 2.24) is 4.98 Å². The molecule has 1 atom stereocenters. The van der Waals surface area contributed by atoms with E-state index in [0.717, 1.165) is 21.4 Å². The number of fused-ring (bicyclic) bond motifs is 1. The average molecular weight is 489 g/mol. The Balaban J connectivity index is 1.76. The molecule has 5 nitrogen and oxygen atoms in total. The molecule has 0 bridgehead atoms. The van der Waals surface area contributed by atoms with E-state index in [1.807, 2.05) is 63.2 Å². The van der Waals surface area contributed by atoms with Gasteiger partial charge in [-0.05, 0) is 56.2 Å². The van der Waals surface area contributed by atoms with Crippen LogP contribution in [-0.2, 0) is 9.59 Å². The van der Waals surface area contributed by atoms with E-state index in [1.54, 1.807) is 18.2 Å². The number of carbonyl (C=O) groups excluding carboxylic acids is 2. The van der Waals surface area contributed by atoms with Gasteiger partial charge in [0.1, 0.15) is 5.76 Å². The summed E-state index contributed by atoms with van der Waals surface area (Å²) in [5.74, 6) is -1.64. The number of hydrogen-bond acceptors (Lipinski definition) is 5. The number of aliphatic hydroxyl groups excluding tert-OH is 1. The summed E-state index contributed by atoms with van der Waals surface area (Å²) in [5.41, 5.74) is 4.79. The SMILES string of the molecule is Cc1ccc(C2/C(=C(\O)c3cc(C)ccc3C)C(=O)C(=O)N2c2nc3ccc(Cl)cc3s2)cc1. The van der Waals surface area contributed by atoms with Crippen molar-refractivity contribution in [2.45, 2.75) is 26.8 Å². The molecule has 0 spiro atoms. The molecular formula is C27H21ClN2O3S. The fraction of sp³-hybridized carbons (Fsp3) is 0.148. The van der Waals surface area contributed by atoms with Crippen molar-refractivity contribution in [2.75, 3.05) is 4.90 Å². The minimum absolute atomic E-state index is 0.0554. The quantitative estimate of drug-likeness (QED) is 0.203. The number of aliphatic hydroxyl groups is 1. The monoisotopic (exact) mass is 488 g/mol. The van der Waals surface area contributed by atoms with Gasteiger partial charge in [0.2, 0.25) is 0 Å². The van der Waals surface area contributed by atoms with E-state index in [9.17, 15) is 14.7 Å². The predicted octanol–water partition coefficient (Wildman–Crippen LogP) is 6.50. The minimum atomic E-state index is -0.809. The van der Waals surface area contributed by atoms with Gasteiger partial charge in [-0.3, -0.25) is 14.5 Å². The molecule has 1 N–H and O–H groups in total. The first-order valence-corrected chi connectivity index (χ1v) is 12.0. The Hall–Kier alpha value is -3.48. The van der Waals surface area contributed by atoms with Crippen molar-refractivity contribution in [3.8, 4) is 0 Å². The first-order valence-electron chi connectivity index (χ1n) is 10.8. The van der Waals surface area contributed by atoms with Gasteiger partial charge in [0, 0.05) is 10.6 Å². The molecule has 1 unspecified atom stereocenters. The molecule has 0 saturated carbocycles. The van der Waals surface area contributed by atoms with Crippen LogP contribution < -0.4 is 4.90 Å². The normalized spacial score (nSPS) is 17.6. The topological polar surface area (TPSA) is 70.5 Å². The third-order valence-electron chi connectivity index (χ3n) is 6.03. The summed E-state index contributed by atoms with van der Waals surface area (Å²) in [6, 6.07) is 17.7. The fourth-order valence-electron chi connectivity index (χ4n) is 4.22. The molecule has 2 heterocycles. The van der Waals surface area contributed by atoms with Crippen LogP contribution in [0.2, 0.25) is 5.02 Å². The second kappa shape index (κ2) is 8.38. The maximum atomic E-state index is 13.4. The molecule has 34 heavy (non-hydrogen) atoms. The molecule has 0 radical (unpaired) electrons. The van der Waals surface area contributed by atoms with Crippen molar-refractivity contribution in [1.29, 1.82) is 0 Å². The number of ketones is 1. The number of aryl methyl sites for hydroxylation is 3. The van der Waals surface area contributed by atoms with Crippen molar-refractivity contribution in [3.63, 3.8) is 0 Å². The van der Waals surface area contributed by atoms with Gasteiger partial charge in [0.15, 0.2) is 5.13 Å². The summed E-state index contributed by atoms with van der Waals surface area (Å²) in [5, 5.41) is 12.3. The zero-order valence-corrected chi connectivity index (χ0v) is 20.4. The number of carbonyl (C=O) groups is 2. The van der Waals surface area contributed by atoms with Gasteiger partial charge in [-0.2, -0.15) is 0 Å². The lowest BCUT2D eigenvalue weighted by Gasteiger charge is -2.23. The van der Waals surface area contributed by atoms with E-state index < -0.39 is 17.7 Å². The van der Waals surface area contributed by atoms with E-state index in [4.69, 9.17) is 11.6 Å². The largest absolute Gasteiger partial charge is 0.507 e. The van der Waals surface area contributed by atoms with E-state index in [1.165, 1.54) is 16.2 Å². The number of benzene rings is 3. The van der Waals surface area contributed by atoms with Crippen molar-refractivity contribution < 1.29 is 14.7 Å². The van der Waals surface area contributed by atoms with E-state index >= 15 is 0 Å². The van der Waals surface area contributed by atoms with Crippen LogP contribution in [0.5, 0.6) is 0 Å². The van der Waals surface area contributed by atoms with Gasteiger partial charge in [0.25, 0.3) is 5.78 Å². The van der Waals surface area contributed by atoms with Gasteiger partial charge in [-0.15, -0.1) is 0 Å². The predicted molar refractivity (Wildman–Crippen MR) is 137 cm³/mol. The van der Waals surface area contributed by atoms with Gasteiger partial charge < -0.3 is 5.11 Å². The number of anilines is 1. The first kappa shape index (κ1) is 22.3. The Morgan fingerprint density at radius 1 is 0.971 bits per heavy atom. The Morgan fingerprint density at radius 2 is 1.68 bits per heavy atom. The highest BCUT2D eigenvalue weighted by molar-refractivity contribution is 7.22. The lowest BCUT2D eigenvalue weighted by molar-refractivity contribution is -0.132. The molecule has 1 aliphatic heterocycles. The smallest absolute Gasteiger partial charge is 0.301 e. The third kappa shape index (κ3) is 3.69. The number of nitrogens with zero attached hydrogens (tertiary/aromatic N) is 2. The van der Waals surface area contributed by atoms with Crippen molar-refractivity contribution >= 4 is 55.7 Å². The van der Waals surface area contributed by atoms with Crippen molar-refractivity contribution in [3.05, 3.63) is 99.1 Å². The molecule has 3 aromatic carbocycles. The van der Waals surface area contributed by atoms with Crippen LogP contribution in [0.3, 0.4) is 0 Å². The number of aromatic nitrogens is 1. The highest BCUT2D eigenvalue weighted by Crippen LogP contribution is 2.44. The highest BCUT2D eigenvalue weighted by Gasteiger charge is 2.48. The second-order valence-electron chi connectivity index (χ2n) is 8.51. The Bertz CT molecular complexity index is 1500. The molecule has 1 amide bonds. The summed E-state index contributed by atoms with van der Waals surface area (Å²) in [7, 11) is 0. The lowest BCUT2D eigenvalue weighted by atomic mass is 9.93. The molecule has 1 fully saturated rings. The second-order valence-corrected chi connectivity index (χ2v) is 9.95.